The molecule has 5 nitrogen and oxygen atoms in total. The van der Waals surface area contributed by atoms with Crippen molar-refractivity contribution >= 4 is 11.5 Å². The smallest absolute Gasteiger partial charge is 0.309 e. The maximum Gasteiger partial charge on any atom is 0.309 e. The lowest BCUT2D eigenvalue weighted by atomic mass is 9.56. The van der Waals surface area contributed by atoms with E-state index in [0.29, 0.717) is 24.4 Å². The summed E-state index contributed by atoms with van der Waals surface area (Å²) in [6.45, 7) is 6.57. The van der Waals surface area contributed by atoms with Gasteiger partial charge in [-0.3, -0.25) is 10.1 Å². The molecule has 0 radical (unpaired) electrons. The van der Waals surface area contributed by atoms with Crippen LogP contribution in [0.15, 0.2) is 54.1 Å². The van der Waals surface area contributed by atoms with Gasteiger partial charge in [0.05, 0.1) is 5.92 Å². The van der Waals surface area contributed by atoms with Gasteiger partial charge in [0.1, 0.15) is 11.9 Å². The highest BCUT2D eigenvalue weighted by molar-refractivity contribution is 5.75. The third-order valence-corrected chi connectivity index (χ3v) is 9.09. The van der Waals surface area contributed by atoms with Crippen molar-refractivity contribution in [3.05, 3.63) is 65.5 Å². The van der Waals surface area contributed by atoms with Crippen LogP contribution >= 0.6 is 0 Å². The van der Waals surface area contributed by atoms with Gasteiger partial charge in [-0.25, -0.2) is 4.39 Å². The quantitative estimate of drug-likeness (QED) is 0.369. The van der Waals surface area contributed by atoms with Gasteiger partial charge in [0.2, 0.25) is 6.41 Å². The number of benzene rings is 1. The van der Waals surface area contributed by atoms with Crippen LogP contribution in [-0.2, 0) is 14.3 Å². The van der Waals surface area contributed by atoms with E-state index >= 15 is 0 Å². The number of hydrogen-bond acceptors (Lipinski definition) is 5. The Labute approximate surface area is 219 Å². The average molecular weight is 510 g/mol. The number of aliphatic hydroxyl groups is 1. The molecule has 6 heteroatoms. The van der Waals surface area contributed by atoms with E-state index in [1.54, 1.807) is 12.1 Å². The first-order chi connectivity index (χ1) is 17.8. The Kier molecular flexibility index (Phi) is 7.99. The van der Waals surface area contributed by atoms with E-state index in [4.69, 9.17) is 9.47 Å². The Bertz CT molecular complexity index is 1080. The van der Waals surface area contributed by atoms with Crippen LogP contribution in [0.1, 0.15) is 58.4 Å². The van der Waals surface area contributed by atoms with Crippen molar-refractivity contribution in [2.75, 3.05) is 6.61 Å². The minimum absolute atomic E-state index is 0.0491. The Morgan fingerprint density at radius 2 is 2.08 bits per heavy atom. The molecule has 0 amide bonds. The minimum Gasteiger partial charge on any atom is -0.462 e. The van der Waals surface area contributed by atoms with Crippen LogP contribution in [0.25, 0.3) is 5.57 Å². The summed E-state index contributed by atoms with van der Waals surface area (Å²) >= 11 is 0. The largest absolute Gasteiger partial charge is 0.462 e. The van der Waals surface area contributed by atoms with E-state index in [1.165, 1.54) is 11.6 Å². The van der Waals surface area contributed by atoms with E-state index in [9.17, 15) is 14.3 Å². The molecule has 5 rings (SSSR count). The lowest BCUT2D eigenvalue weighted by Crippen LogP contribution is -2.49. The highest BCUT2D eigenvalue weighted by atomic mass is 19.1. The summed E-state index contributed by atoms with van der Waals surface area (Å²) < 4.78 is 24.8. The molecule has 2 unspecified atom stereocenters. The number of esters is 1. The number of nitrogens with one attached hydrogen (secondary N) is 1. The third kappa shape index (κ3) is 5.62. The van der Waals surface area contributed by atoms with Gasteiger partial charge in [-0.05, 0) is 98.5 Å². The van der Waals surface area contributed by atoms with Crippen molar-refractivity contribution in [1.82, 2.24) is 5.32 Å². The zero-order chi connectivity index (χ0) is 26.1. The van der Waals surface area contributed by atoms with E-state index in [-0.39, 0.29) is 41.7 Å². The fraction of sp³-hybridized carbons (Fsp3) is 0.581. The van der Waals surface area contributed by atoms with Crippen molar-refractivity contribution in [3.63, 3.8) is 0 Å². The maximum absolute atomic E-state index is 13.8. The van der Waals surface area contributed by atoms with Crippen molar-refractivity contribution in [1.29, 1.82) is 0 Å². The molecule has 1 aromatic rings. The minimum atomic E-state index is -0.944. The first-order valence-electron chi connectivity index (χ1n) is 13.9. The topological polar surface area (TPSA) is 67.8 Å². The van der Waals surface area contributed by atoms with Gasteiger partial charge in [-0.15, -0.1) is 0 Å². The number of fused-ring (bicyclic) bond motifs is 2. The molecule has 3 fully saturated rings. The van der Waals surface area contributed by atoms with E-state index in [1.807, 2.05) is 19.9 Å². The second-order valence-corrected chi connectivity index (χ2v) is 11.4. The normalized spacial score (nSPS) is 36.4. The molecule has 3 aliphatic carbocycles. The average Bonchev–Trinajstić information content (AvgIpc) is 3.14. The number of cyclic esters (lactones) is 1. The Hall–Kier alpha value is -2.28. The fourth-order valence-corrected chi connectivity index (χ4v) is 7.47. The van der Waals surface area contributed by atoms with Crippen molar-refractivity contribution < 1.29 is 23.8 Å². The molecule has 2 N–H and O–H groups in total. The SMILES string of the molecule is CCOC(O)N[C@@H]1CC[C@H]2[C@H](C1)C[C@@H]1C(=O)O[C@@H](C)[C@@H]1[C@@H]2/C=C/C1=CC=C(c2cccc(F)c2)C(C)C1. The summed E-state index contributed by atoms with van der Waals surface area (Å²) in [6, 6.07) is 7.01. The summed E-state index contributed by atoms with van der Waals surface area (Å²) in [7, 11) is 0. The van der Waals surface area contributed by atoms with Crippen LogP contribution in [0.5, 0.6) is 0 Å². The standard InChI is InChI=1S/C31H40FNO4/c1-4-36-31(35)33-24-10-13-26-22(16-24)17-28-29(19(3)37-30(28)34)27(26)12-9-20-8-11-25(18(2)14-20)21-6-5-7-23(32)15-21/h5-9,11-12,15,18-19,22,24,26-29,31,33,35H,4,10,13-14,16-17H2,1-3H3/b12-9+/t18?,19-,22+,24+,26-,27+,28-,29+,31?/m0/s1. The predicted molar refractivity (Wildman–Crippen MR) is 141 cm³/mol. The Balaban J connectivity index is 1.34. The number of carbonyl (C=O) groups is 1. The van der Waals surface area contributed by atoms with Gasteiger partial charge >= 0.3 is 5.97 Å². The Morgan fingerprint density at radius 3 is 2.84 bits per heavy atom. The zero-order valence-electron chi connectivity index (χ0n) is 22.1. The molecule has 1 saturated heterocycles. The highest BCUT2D eigenvalue weighted by Gasteiger charge is 2.54. The summed E-state index contributed by atoms with van der Waals surface area (Å²) in [5.41, 5.74) is 3.37. The lowest BCUT2D eigenvalue weighted by Gasteiger charge is -2.48. The van der Waals surface area contributed by atoms with Gasteiger partial charge in [0.15, 0.2) is 0 Å². The van der Waals surface area contributed by atoms with Gasteiger partial charge in [0.25, 0.3) is 0 Å². The van der Waals surface area contributed by atoms with E-state index in [0.717, 1.165) is 43.2 Å². The molecular weight excluding hydrogens is 469 g/mol. The summed E-state index contributed by atoms with van der Waals surface area (Å²) in [5.74, 6) is 1.39. The number of aliphatic hydroxyl groups excluding tert-OH is 1. The lowest BCUT2D eigenvalue weighted by molar-refractivity contribution is -0.145. The van der Waals surface area contributed by atoms with E-state index in [2.05, 4.69) is 36.5 Å². The molecule has 1 aromatic carbocycles. The molecule has 4 aliphatic rings. The van der Waals surface area contributed by atoms with Crippen LogP contribution in [0.4, 0.5) is 4.39 Å². The van der Waals surface area contributed by atoms with Crippen LogP contribution in [-0.4, -0.2) is 36.2 Å². The molecule has 37 heavy (non-hydrogen) atoms. The number of allylic oxidation sites excluding steroid dienone is 6. The van der Waals surface area contributed by atoms with Gasteiger partial charge < -0.3 is 14.6 Å². The Morgan fingerprint density at radius 1 is 1.24 bits per heavy atom. The van der Waals surface area contributed by atoms with Crippen LogP contribution < -0.4 is 5.32 Å². The van der Waals surface area contributed by atoms with E-state index < -0.39 is 6.41 Å². The third-order valence-electron chi connectivity index (χ3n) is 9.09. The highest BCUT2D eigenvalue weighted by Crippen LogP contribution is 2.53. The maximum atomic E-state index is 13.8. The number of carbonyl (C=O) groups excluding carboxylic acids is 1. The molecule has 0 spiro atoms. The summed E-state index contributed by atoms with van der Waals surface area (Å²) in [5, 5.41) is 13.3. The second-order valence-electron chi connectivity index (χ2n) is 11.4. The van der Waals surface area contributed by atoms with Crippen molar-refractivity contribution in [2.45, 2.75) is 71.4 Å². The molecular formula is C31H40FNO4. The van der Waals surface area contributed by atoms with Crippen LogP contribution in [0.2, 0.25) is 0 Å². The summed E-state index contributed by atoms with van der Waals surface area (Å²) in [6.07, 6.45) is 12.6. The number of hydrogen-bond donors (Lipinski definition) is 2. The molecule has 1 aliphatic heterocycles. The van der Waals surface area contributed by atoms with Gasteiger partial charge in [0, 0.05) is 18.6 Å². The predicted octanol–water partition coefficient (Wildman–Crippen LogP) is 5.62. The molecule has 0 aromatic heterocycles. The molecule has 0 bridgehead atoms. The number of halogens is 1. The molecule has 200 valence electrons. The van der Waals surface area contributed by atoms with Crippen molar-refractivity contribution in [2.24, 2.45) is 35.5 Å². The first kappa shape index (κ1) is 26.3. The molecule has 9 atom stereocenters. The van der Waals surface area contributed by atoms with Gasteiger partial charge in [-0.2, -0.15) is 0 Å². The van der Waals surface area contributed by atoms with Crippen LogP contribution in [0.3, 0.4) is 0 Å². The zero-order valence-corrected chi connectivity index (χ0v) is 22.1. The van der Waals surface area contributed by atoms with Crippen molar-refractivity contribution in [3.8, 4) is 0 Å². The summed E-state index contributed by atoms with van der Waals surface area (Å²) in [4.78, 5) is 12.8. The number of ether oxygens (including phenoxy) is 2. The number of rotatable bonds is 7. The molecule has 1 heterocycles. The first-order valence-corrected chi connectivity index (χ1v) is 13.9. The monoisotopic (exact) mass is 509 g/mol. The second kappa shape index (κ2) is 11.2. The van der Waals surface area contributed by atoms with Crippen LogP contribution in [0, 0.1) is 41.3 Å². The molecule has 2 saturated carbocycles. The van der Waals surface area contributed by atoms with Gasteiger partial charge in [-0.1, -0.05) is 43.4 Å². The fourth-order valence-electron chi connectivity index (χ4n) is 7.47.